The molecule has 110 valence electrons. The summed E-state index contributed by atoms with van der Waals surface area (Å²) in [6, 6.07) is 0.518. The zero-order valence-corrected chi connectivity index (χ0v) is 14.2. The average molecular weight is 292 g/mol. The normalized spacial score (nSPS) is 13.2. The lowest BCUT2D eigenvalue weighted by atomic mass is 10.0. The van der Waals surface area contributed by atoms with E-state index in [1.807, 2.05) is 11.7 Å². The molecule has 2 aromatic heterocycles. The third kappa shape index (κ3) is 2.79. The summed E-state index contributed by atoms with van der Waals surface area (Å²) >= 11 is 1.78. The second kappa shape index (κ2) is 5.66. The molecule has 1 atom stereocenters. The molecule has 0 bridgehead atoms. The molecule has 0 aliphatic heterocycles. The highest BCUT2D eigenvalue weighted by Crippen LogP contribution is 2.31. The quantitative estimate of drug-likeness (QED) is 0.941. The Balaban J connectivity index is 2.52. The first-order valence-electron chi connectivity index (χ1n) is 7.01. The maximum atomic E-state index is 4.75. The minimum absolute atomic E-state index is 0.126. The predicted molar refractivity (Wildman–Crippen MR) is 84.4 cm³/mol. The van der Waals surface area contributed by atoms with Crippen LogP contribution in [-0.4, -0.2) is 20.8 Å². The summed E-state index contributed by atoms with van der Waals surface area (Å²) < 4.78 is 1.95. The van der Waals surface area contributed by atoms with Crippen LogP contribution in [0.1, 0.15) is 52.4 Å². The maximum Gasteiger partial charge on any atom is 0.115 e. The lowest BCUT2D eigenvalue weighted by Crippen LogP contribution is -2.29. The number of aryl methyl sites for hydroxylation is 4. The molecule has 0 aliphatic carbocycles. The molecule has 0 saturated heterocycles. The Labute approximate surface area is 125 Å². The highest BCUT2D eigenvalue weighted by Gasteiger charge is 2.25. The summed E-state index contributed by atoms with van der Waals surface area (Å²) in [5.41, 5.74) is 4.66. The van der Waals surface area contributed by atoms with Gasteiger partial charge in [0.2, 0.25) is 0 Å². The van der Waals surface area contributed by atoms with E-state index in [1.54, 1.807) is 11.3 Å². The van der Waals surface area contributed by atoms with Crippen LogP contribution in [0, 0.1) is 27.7 Å². The minimum atomic E-state index is 0.126. The minimum Gasteiger partial charge on any atom is -0.302 e. The number of aromatic nitrogens is 3. The second-order valence-corrected chi connectivity index (χ2v) is 6.89. The molecular formula is C15H24N4S. The van der Waals surface area contributed by atoms with Gasteiger partial charge in [-0.1, -0.05) is 0 Å². The number of hydrogen-bond acceptors (Lipinski definition) is 4. The molecule has 1 unspecified atom stereocenters. The maximum absolute atomic E-state index is 4.75. The molecule has 0 aliphatic rings. The Kier molecular flexibility index (Phi) is 4.30. The number of nitrogens with zero attached hydrogens (tertiary/aromatic N) is 3. The Bertz CT molecular complexity index is 590. The zero-order chi connectivity index (χ0) is 15.0. The van der Waals surface area contributed by atoms with Crippen LogP contribution in [0.3, 0.4) is 0 Å². The molecule has 2 heterocycles. The average Bonchev–Trinajstić information content (AvgIpc) is 2.79. The van der Waals surface area contributed by atoms with Gasteiger partial charge in [-0.05, 0) is 41.5 Å². The van der Waals surface area contributed by atoms with Gasteiger partial charge in [-0.15, -0.1) is 11.3 Å². The highest BCUT2D eigenvalue weighted by atomic mass is 32.1. The van der Waals surface area contributed by atoms with Crippen LogP contribution in [0.4, 0.5) is 0 Å². The van der Waals surface area contributed by atoms with Gasteiger partial charge in [0.15, 0.2) is 0 Å². The van der Waals surface area contributed by atoms with Gasteiger partial charge in [0.05, 0.1) is 17.4 Å². The number of rotatable bonds is 4. The van der Waals surface area contributed by atoms with Gasteiger partial charge in [-0.2, -0.15) is 5.10 Å². The fourth-order valence-corrected chi connectivity index (χ4v) is 3.43. The Morgan fingerprint density at radius 3 is 2.15 bits per heavy atom. The van der Waals surface area contributed by atoms with Gasteiger partial charge in [0.25, 0.3) is 0 Å². The SMILES string of the molecule is Cc1nc(C(NC(C)C)c2c(C)nn(C)c2C)sc1C. The van der Waals surface area contributed by atoms with Crippen LogP contribution in [0.15, 0.2) is 0 Å². The lowest BCUT2D eigenvalue weighted by Gasteiger charge is -2.20. The van der Waals surface area contributed by atoms with Crippen molar-refractivity contribution in [3.8, 4) is 0 Å². The van der Waals surface area contributed by atoms with E-state index in [9.17, 15) is 0 Å². The fourth-order valence-electron chi connectivity index (χ4n) is 2.44. The van der Waals surface area contributed by atoms with E-state index < -0.39 is 0 Å². The van der Waals surface area contributed by atoms with Crippen molar-refractivity contribution < 1.29 is 0 Å². The molecule has 0 fully saturated rings. The van der Waals surface area contributed by atoms with E-state index in [4.69, 9.17) is 4.98 Å². The lowest BCUT2D eigenvalue weighted by molar-refractivity contribution is 0.523. The molecule has 2 rings (SSSR count). The Morgan fingerprint density at radius 2 is 1.75 bits per heavy atom. The van der Waals surface area contributed by atoms with Crippen LogP contribution < -0.4 is 5.32 Å². The fraction of sp³-hybridized carbons (Fsp3) is 0.600. The second-order valence-electron chi connectivity index (χ2n) is 5.66. The van der Waals surface area contributed by atoms with Crippen molar-refractivity contribution in [3.63, 3.8) is 0 Å². The van der Waals surface area contributed by atoms with Gasteiger partial charge in [0.1, 0.15) is 5.01 Å². The molecule has 0 saturated carbocycles. The summed E-state index contributed by atoms with van der Waals surface area (Å²) in [5.74, 6) is 0. The molecule has 0 radical (unpaired) electrons. The molecule has 2 aromatic rings. The number of thiazole rings is 1. The molecule has 4 nitrogen and oxygen atoms in total. The van der Waals surface area contributed by atoms with Crippen molar-refractivity contribution in [2.24, 2.45) is 7.05 Å². The van der Waals surface area contributed by atoms with Gasteiger partial charge in [-0.25, -0.2) is 4.98 Å². The van der Waals surface area contributed by atoms with E-state index >= 15 is 0 Å². The van der Waals surface area contributed by atoms with Crippen LogP contribution in [0.2, 0.25) is 0 Å². The van der Waals surface area contributed by atoms with Crippen molar-refractivity contribution in [2.45, 2.75) is 53.6 Å². The van der Waals surface area contributed by atoms with E-state index in [2.05, 4.69) is 52.0 Å². The smallest absolute Gasteiger partial charge is 0.115 e. The molecule has 1 N–H and O–H groups in total. The predicted octanol–water partition coefficient (Wildman–Crippen LogP) is 3.20. The van der Waals surface area contributed by atoms with Crippen molar-refractivity contribution in [1.82, 2.24) is 20.1 Å². The van der Waals surface area contributed by atoms with E-state index in [0.29, 0.717) is 6.04 Å². The summed E-state index contributed by atoms with van der Waals surface area (Å²) in [5, 5.41) is 9.32. The Morgan fingerprint density at radius 1 is 1.10 bits per heavy atom. The molecular weight excluding hydrogens is 268 g/mol. The van der Waals surface area contributed by atoms with Gasteiger partial charge >= 0.3 is 0 Å². The number of nitrogens with one attached hydrogen (secondary N) is 1. The van der Waals surface area contributed by atoms with Crippen molar-refractivity contribution in [3.05, 3.63) is 32.5 Å². The summed E-state index contributed by atoms with van der Waals surface area (Å²) in [6.07, 6.45) is 0. The van der Waals surface area contributed by atoms with Gasteiger partial charge < -0.3 is 5.32 Å². The topological polar surface area (TPSA) is 42.7 Å². The first-order valence-corrected chi connectivity index (χ1v) is 7.83. The van der Waals surface area contributed by atoms with Crippen LogP contribution in [-0.2, 0) is 7.05 Å². The highest BCUT2D eigenvalue weighted by molar-refractivity contribution is 7.11. The monoisotopic (exact) mass is 292 g/mol. The third-order valence-corrected chi connectivity index (χ3v) is 4.78. The third-order valence-electron chi connectivity index (χ3n) is 3.65. The van der Waals surface area contributed by atoms with Gasteiger partial charge in [-0.3, -0.25) is 4.68 Å². The van der Waals surface area contributed by atoms with E-state index in [-0.39, 0.29) is 6.04 Å². The van der Waals surface area contributed by atoms with Crippen molar-refractivity contribution in [2.75, 3.05) is 0 Å². The van der Waals surface area contributed by atoms with Gasteiger partial charge in [0, 0.05) is 29.2 Å². The molecule has 5 heteroatoms. The Hall–Kier alpha value is -1.20. The molecule has 0 amide bonds. The summed E-state index contributed by atoms with van der Waals surface area (Å²) in [6.45, 7) is 12.7. The van der Waals surface area contributed by atoms with Crippen molar-refractivity contribution >= 4 is 11.3 Å². The van der Waals surface area contributed by atoms with Crippen LogP contribution in [0.5, 0.6) is 0 Å². The number of hydrogen-bond donors (Lipinski definition) is 1. The molecule has 0 aromatic carbocycles. The largest absolute Gasteiger partial charge is 0.302 e. The van der Waals surface area contributed by atoms with Crippen molar-refractivity contribution in [1.29, 1.82) is 0 Å². The van der Waals surface area contributed by atoms with E-state index in [0.717, 1.165) is 16.4 Å². The van der Waals surface area contributed by atoms with Crippen LogP contribution in [0.25, 0.3) is 0 Å². The summed E-state index contributed by atoms with van der Waals surface area (Å²) in [4.78, 5) is 6.04. The summed E-state index contributed by atoms with van der Waals surface area (Å²) in [7, 11) is 2.00. The molecule has 0 spiro atoms. The first kappa shape index (κ1) is 15.2. The van der Waals surface area contributed by atoms with E-state index in [1.165, 1.54) is 16.1 Å². The standard InChI is InChI=1S/C15H24N4S/c1-8(2)16-14(15-17-9(3)12(6)20-15)13-10(4)18-19(7)11(13)5/h8,14,16H,1-7H3. The first-order chi connectivity index (χ1) is 9.31. The van der Waals surface area contributed by atoms with Crippen LogP contribution >= 0.6 is 11.3 Å². The zero-order valence-electron chi connectivity index (χ0n) is 13.4. The molecule has 20 heavy (non-hydrogen) atoms.